The molecule has 1 N–H and O–H groups in total. The van der Waals surface area contributed by atoms with Gasteiger partial charge in [0.15, 0.2) is 5.76 Å². The average molecular weight is 309 g/mol. The van der Waals surface area contributed by atoms with Crippen LogP contribution in [0.4, 0.5) is 5.69 Å². The zero-order valence-electron chi connectivity index (χ0n) is 12.8. The van der Waals surface area contributed by atoms with Gasteiger partial charge in [-0.15, -0.1) is 0 Å². The second kappa shape index (κ2) is 5.96. The first-order valence-electron chi connectivity index (χ1n) is 7.07. The number of furan rings is 1. The van der Waals surface area contributed by atoms with E-state index < -0.39 is 11.9 Å². The Kier molecular flexibility index (Phi) is 3.85. The molecule has 5 nitrogen and oxygen atoms in total. The van der Waals surface area contributed by atoms with E-state index in [1.807, 2.05) is 25.1 Å². The number of anilines is 1. The second-order valence-corrected chi connectivity index (χ2v) is 5.14. The van der Waals surface area contributed by atoms with Crippen LogP contribution in [-0.2, 0) is 4.74 Å². The molecular formula is C18H15NO4. The van der Waals surface area contributed by atoms with Gasteiger partial charge in [0.2, 0.25) is 0 Å². The Morgan fingerprint density at radius 2 is 1.87 bits per heavy atom. The minimum absolute atomic E-state index is 0.185. The van der Waals surface area contributed by atoms with E-state index in [1.165, 1.54) is 7.11 Å². The van der Waals surface area contributed by atoms with Gasteiger partial charge >= 0.3 is 5.97 Å². The molecule has 1 amide bonds. The van der Waals surface area contributed by atoms with Gasteiger partial charge in [-0.25, -0.2) is 4.79 Å². The first-order valence-corrected chi connectivity index (χ1v) is 7.07. The van der Waals surface area contributed by atoms with Gasteiger partial charge in [0.1, 0.15) is 5.58 Å². The van der Waals surface area contributed by atoms with Crippen LogP contribution in [0.25, 0.3) is 11.0 Å². The SMILES string of the molecule is COC(=O)c1ccccc1NC(=O)c1cc2ccc(C)cc2o1. The Morgan fingerprint density at radius 3 is 2.65 bits per heavy atom. The van der Waals surface area contributed by atoms with Crippen molar-refractivity contribution >= 4 is 28.5 Å². The normalized spacial score (nSPS) is 10.5. The van der Waals surface area contributed by atoms with Gasteiger partial charge in [-0.05, 0) is 36.8 Å². The maximum Gasteiger partial charge on any atom is 0.339 e. The number of aryl methyl sites for hydroxylation is 1. The Balaban J connectivity index is 1.90. The predicted octanol–water partition coefficient (Wildman–Crippen LogP) is 3.78. The third-order valence-electron chi connectivity index (χ3n) is 3.48. The summed E-state index contributed by atoms with van der Waals surface area (Å²) >= 11 is 0. The topological polar surface area (TPSA) is 68.5 Å². The quantitative estimate of drug-likeness (QED) is 0.748. The van der Waals surface area contributed by atoms with Crippen LogP contribution >= 0.6 is 0 Å². The van der Waals surface area contributed by atoms with Crippen molar-refractivity contribution in [2.45, 2.75) is 6.92 Å². The van der Waals surface area contributed by atoms with Crippen LogP contribution in [-0.4, -0.2) is 19.0 Å². The average Bonchev–Trinajstić information content (AvgIpc) is 2.98. The highest BCUT2D eigenvalue weighted by atomic mass is 16.5. The summed E-state index contributed by atoms with van der Waals surface area (Å²) in [4.78, 5) is 24.1. The van der Waals surface area contributed by atoms with Crippen molar-refractivity contribution in [3.8, 4) is 0 Å². The minimum Gasteiger partial charge on any atom is -0.465 e. The number of hydrogen-bond donors (Lipinski definition) is 1. The summed E-state index contributed by atoms with van der Waals surface area (Å²) in [6.45, 7) is 1.95. The van der Waals surface area contributed by atoms with Crippen molar-refractivity contribution in [3.05, 3.63) is 65.4 Å². The fourth-order valence-corrected chi connectivity index (χ4v) is 2.31. The van der Waals surface area contributed by atoms with Gasteiger partial charge < -0.3 is 14.5 Å². The number of carbonyl (C=O) groups excluding carboxylic acids is 2. The molecule has 23 heavy (non-hydrogen) atoms. The molecule has 1 aromatic heterocycles. The molecule has 3 rings (SSSR count). The second-order valence-electron chi connectivity index (χ2n) is 5.14. The van der Waals surface area contributed by atoms with Gasteiger partial charge in [0.05, 0.1) is 18.4 Å². The van der Waals surface area contributed by atoms with Crippen LogP contribution in [0.15, 0.2) is 52.9 Å². The van der Waals surface area contributed by atoms with Gasteiger partial charge in [0.25, 0.3) is 5.91 Å². The lowest BCUT2D eigenvalue weighted by molar-refractivity contribution is 0.0602. The van der Waals surface area contributed by atoms with Gasteiger partial charge in [-0.2, -0.15) is 0 Å². The lowest BCUT2D eigenvalue weighted by Crippen LogP contribution is -2.14. The maximum absolute atomic E-state index is 12.4. The van der Waals surface area contributed by atoms with Crippen molar-refractivity contribution < 1.29 is 18.7 Å². The van der Waals surface area contributed by atoms with E-state index in [4.69, 9.17) is 9.15 Å². The lowest BCUT2D eigenvalue weighted by atomic mass is 10.1. The zero-order valence-corrected chi connectivity index (χ0v) is 12.8. The summed E-state index contributed by atoms with van der Waals surface area (Å²) in [6.07, 6.45) is 0. The molecule has 1 heterocycles. The predicted molar refractivity (Wildman–Crippen MR) is 86.7 cm³/mol. The molecule has 0 saturated heterocycles. The van der Waals surface area contributed by atoms with E-state index in [0.29, 0.717) is 11.3 Å². The molecule has 5 heteroatoms. The van der Waals surface area contributed by atoms with Gasteiger partial charge in [-0.1, -0.05) is 24.3 Å². The molecule has 3 aromatic rings. The van der Waals surface area contributed by atoms with Gasteiger partial charge in [-0.3, -0.25) is 4.79 Å². The summed E-state index contributed by atoms with van der Waals surface area (Å²) in [5, 5.41) is 3.53. The molecule has 0 saturated carbocycles. The Hall–Kier alpha value is -3.08. The van der Waals surface area contributed by atoms with E-state index >= 15 is 0 Å². The van der Waals surface area contributed by atoms with Crippen molar-refractivity contribution in [2.75, 3.05) is 12.4 Å². The summed E-state index contributed by atoms with van der Waals surface area (Å²) in [5.74, 6) is -0.749. The van der Waals surface area contributed by atoms with Crippen molar-refractivity contribution in [2.24, 2.45) is 0 Å². The van der Waals surface area contributed by atoms with Crippen LogP contribution in [0.3, 0.4) is 0 Å². The molecule has 0 fully saturated rings. The van der Waals surface area contributed by atoms with E-state index in [-0.39, 0.29) is 11.3 Å². The molecule has 116 valence electrons. The molecule has 0 radical (unpaired) electrons. The third kappa shape index (κ3) is 2.94. The monoisotopic (exact) mass is 309 g/mol. The third-order valence-corrected chi connectivity index (χ3v) is 3.48. The fraction of sp³-hybridized carbons (Fsp3) is 0.111. The van der Waals surface area contributed by atoms with Crippen molar-refractivity contribution in [1.29, 1.82) is 0 Å². The molecule has 0 aliphatic carbocycles. The Labute approximate surface area is 132 Å². The molecular weight excluding hydrogens is 294 g/mol. The first-order chi connectivity index (χ1) is 11.1. The zero-order chi connectivity index (χ0) is 16.4. The highest BCUT2D eigenvalue weighted by Gasteiger charge is 2.17. The smallest absolute Gasteiger partial charge is 0.339 e. The van der Waals surface area contributed by atoms with Crippen LogP contribution in [0.2, 0.25) is 0 Å². The number of esters is 1. The maximum atomic E-state index is 12.4. The first kappa shape index (κ1) is 14.8. The highest BCUT2D eigenvalue weighted by Crippen LogP contribution is 2.22. The molecule has 0 unspecified atom stereocenters. The van der Waals surface area contributed by atoms with E-state index in [2.05, 4.69) is 5.32 Å². The number of hydrogen-bond acceptors (Lipinski definition) is 4. The standard InChI is InChI=1S/C18H15NO4/c1-11-7-8-12-10-16(23-15(12)9-11)17(20)19-14-6-4-3-5-13(14)18(21)22-2/h3-10H,1-2H3,(H,19,20). The number of nitrogens with one attached hydrogen (secondary N) is 1. The van der Waals surface area contributed by atoms with Gasteiger partial charge in [0, 0.05) is 5.39 Å². The number of fused-ring (bicyclic) bond motifs is 1. The number of ether oxygens (including phenoxy) is 1. The molecule has 2 aromatic carbocycles. The minimum atomic E-state index is -0.513. The van der Waals surface area contributed by atoms with Crippen LogP contribution in [0.5, 0.6) is 0 Å². The summed E-state index contributed by atoms with van der Waals surface area (Å²) < 4.78 is 10.3. The molecule has 0 atom stereocenters. The highest BCUT2D eigenvalue weighted by molar-refractivity contribution is 6.08. The molecule has 0 bridgehead atoms. The Bertz CT molecular complexity index is 895. The van der Waals surface area contributed by atoms with E-state index in [9.17, 15) is 9.59 Å². The summed E-state index contributed by atoms with van der Waals surface area (Å²) in [6, 6.07) is 14.0. The van der Waals surface area contributed by atoms with E-state index in [1.54, 1.807) is 30.3 Å². The van der Waals surface area contributed by atoms with Crippen LogP contribution in [0, 0.1) is 6.92 Å². The molecule has 0 aliphatic heterocycles. The van der Waals surface area contributed by atoms with Crippen LogP contribution in [0.1, 0.15) is 26.5 Å². The number of carbonyl (C=O) groups is 2. The number of methoxy groups -OCH3 is 1. The Morgan fingerprint density at radius 1 is 1.09 bits per heavy atom. The van der Waals surface area contributed by atoms with Crippen LogP contribution < -0.4 is 5.32 Å². The van der Waals surface area contributed by atoms with E-state index in [0.717, 1.165) is 10.9 Å². The molecule has 0 spiro atoms. The van der Waals surface area contributed by atoms with Crippen molar-refractivity contribution in [3.63, 3.8) is 0 Å². The van der Waals surface area contributed by atoms with Crippen molar-refractivity contribution in [1.82, 2.24) is 0 Å². The number of amides is 1. The summed E-state index contributed by atoms with van der Waals surface area (Å²) in [5.41, 5.74) is 2.36. The fourth-order valence-electron chi connectivity index (χ4n) is 2.31. The summed E-state index contributed by atoms with van der Waals surface area (Å²) in [7, 11) is 1.29. The number of benzene rings is 2. The number of para-hydroxylation sites is 1. The largest absolute Gasteiger partial charge is 0.465 e. The lowest BCUT2D eigenvalue weighted by Gasteiger charge is -2.08. The number of rotatable bonds is 3. The molecule has 0 aliphatic rings.